The number of carbonyl (C=O) groups excluding carboxylic acids is 1. The third kappa shape index (κ3) is 3.60. The van der Waals surface area contributed by atoms with Gasteiger partial charge in [0.05, 0.1) is 7.11 Å². The Kier molecular flexibility index (Phi) is 5.06. The van der Waals surface area contributed by atoms with Gasteiger partial charge in [0.1, 0.15) is 0 Å². The van der Waals surface area contributed by atoms with E-state index in [1.807, 2.05) is 41.6 Å². The molecule has 0 spiro atoms. The van der Waals surface area contributed by atoms with Crippen LogP contribution in [-0.2, 0) is 7.05 Å². The van der Waals surface area contributed by atoms with Crippen LogP contribution in [0.4, 0.5) is 0 Å². The number of methoxy groups -OCH3 is 1. The molecule has 0 saturated carbocycles. The van der Waals surface area contributed by atoms with Gasteiger partial charge in [-0.05, 0) is 48.6 Å². The molecular weight excluding hydrogens is 354 g/mol. The molecule has 1 aromatic carbocycles. The van der Waals surface area contributed by atoms with Crippen molar-refractivity contribution in [1.29, 1.82) is 0 Å². The highest BCUT2D eigenvalue weighted by molar-refractivity contribution is 5.95. The van der Waals surface area contributed by atoms with Gasteiger partial charge in [-0.3, -0.25) is 9.78 Å². The number of aryl methyl sites for hydroxylation is 1. The van der Waals surface area contributed by atoms with Crippen LogP contribution in [-0.4, -0.2) is 50.8 Å². The van der Waals surface area contributed by atoms with Crippen LogP contribution in [0.2, 0.25) is 0 Å². The fourth-order valence-electron chi connectivity index (χ4n) is 3.70. The molecule has 0 bridgehead atoms. The van der Waals surface area contributed by atoms with Crippen molar-refractivity contribution in [2.24, 2.45) is 7.05 Å². The van der Waals surface area contributed by atoms with E-state index in [4.69, 9.17) is 4.74 Å². The van der Waals surface area contributed by atoms with E-state index in [1.165, 1.54) is 5.56 Å². The third-order valence-corrected chi connectivity index (χ3v) is 5.23. The Balaban J connectivity index is 1.47. The summed E-state index contributed by atoms with van der Waals surface area (Å²) in [6, 6.07) is 12.0. The highest BCUT2D eigenvalue weighted by Gasteiger charge is 2.25. The summed E-state index contributed by atoms with van der Waals surface area (Å²) < 4.78 is 6.75. The largest absolute Gasteiger partial charge is 0.467 e. The summed E-state index contributed by atoms with van der Waals surface area (Å²) >= 11 is 0. The molecule has 3 aromatic rings. The van der Waals surface area contributed by atoms with Crippen LogP contribution in [0, 0.1) is 0 Å². The van der Waals surface area contributed by atoms with Crippen molar-refractivity contribution in [2.75, 3.05) is 20.2 Å². The third-order valence-electron chi connectivity index (χ3n) is 5.23. The first-order chi connectivity index (χ1) is 13.7. The summed E-state index contributed by atoms with van der Waals surface area (Å²) in [6.07, 6.45) is 5.60. The maximum Gasteiger partial charge on any atom is 0.314 e. The van der Waals surface area contributed by atoms with E-state index in [2.05, 4.69) is 27.2 Å². The molecule has 2 aromatic heterocycles. The minimum atomic E-state index is 0.0536. The lowest BCUT2D eigenvalue weighted by Crippen LogP contribution is -2.37. The van der Waals surface area contributed by atoms with Crippen molar-refractivity contribution < 1.29 is 9.53 Å². The second kappa shape index (κ2) is 7.80. The molecule has 0 atom stereocenters. The monoisotopic (exact) mass is 377 g/mol. The molecule has 1 saturated heterocycles. The molecule has 7 heteroatoms. The van der Waals surface area contributed by atoms with E-state index >= 15 is 0 Å². The van der Waals surface area contributed by atoms with Gasteiger partial charge in [0.2, 0.25) is 0 Å². The number of benzene rings is 1. The van der Waals surface area contributed by atoms with Crippen LogP contribution in [0.1, 0.15) is 34.7 Å². The molecule has 0 unspecified atom stereocenters. The molecule has 7 nitrogen and oxygen atoms in total. The molecule has 0 radical (unpaired) electrons. The number of rotatable bonds is 4. The summed E-state index contributed by atoms with van der Waals surface area (Å²) in [5.41, 5.74) is 2.77. The van der Waals surface area contributed by atoms with Crippen LogP contribution >= 0.6 is 0 Å². The van der Waals surface area contributed by atoms with Crippen LogP contribution < -0.4 is 4.74 Å². The second-order valence-electron chi connectivity index (χ2n) is 6.97. The van der Waals surface area contributed by atoms with Crippen molar-refractivity contribution in [3.05, 3.63) is 59.9 Å². The van der Waals surface area contributed by atoms with E-state index in [0.717, 1.165) is 31.5 Å². The maximum absolute atomic E-state index is 13.0. The number of amides is 1. The SMILES string of the molecule is COc1nc(-c2cccc(C(=O)N3CCC(c4ccncc4)CC3)c2)nn1C. The molecule has 1 amide bonds. The molecule has 0 aliphatic carbocycles. The first-order valence-corrected chi connectivity index (χ1v) is 9.40. The Morgan fingerprint density at radius 2 is 1.89 bits per heavy atom. The average molecular weight is 377 g/mol. The number of hydrogen-bond acceptors (Lipinski definition) is 5. The Hall–Kier alpha value is -3.22. The number of ether oxygens (including phenoxy) is 1. The van der Waals surface area contributed by atoms with Crippen LogP contribution in [0.5, 0.6) is 6.01 Å². The standard InChI is InChI=1S/C21H23N5O2/c1-25-21(28-2)23-19(24-25)17-4-3-5-18(14-17)20(27)26-12-8-16(9-13-26)15-6-10-22-11-7-15/h3-7,10-11,14,16H,8-9,12-13H2,1-2H3. The van der Waals surface area contributed by atoms with Gasteiger partial charge in [0.25, 0.3) is 5.91 Å². The highest BCUT2D eigenvalue weighted by Crippen LogP contribution is 2.28. The molecule has 4 rings (SSSR count). The quantitative estimate of drug-likeness (QED) is 0.699. The van der Waals surface area contributed by atoms with Gasteiger partial charge >= 0.3 is 6.01 Å². The van der Waals surface area contributed by atoms with Gasteiger partial charge < -0.3 is 9.64 Å². The normalized spacial score (nSPS) is 14.9. The van der Waals surface area contributed by atoms with Crippen molar-refractivity contribution in [3.63, 3.8) is 0 Å². The van der Waals surface area contributed by atoms with Crippen molar-refractivity contribution >= 4 is 5.91 Å². The molecule has 28 heavy (non-hydrogen) atoms. The van der Waals surface area contributed by atoms with E-state index in [1.54, 1.807) is 18.8 Å². The molecule has 1 fully saturated rings. The topological polar surface area (TPSA) is 73.1 Å². The Bertz CT molecular complexity index is 962. The smallest absolute Gasteiger partial charge is 0.314 e. The molecule has 0 N–H and O–H groups in total. The van der Waals surface area contributed by atoms with Gasteiger partial charge in [-0.15, -0.1) is 5.10 Å². The average Bonchev–Trinajstić information content (AvgIpc) is 3.15. The summed E-state index contributed by atoms with van der Waals surface area (Å²) in [4.78, 5) is 23.4. The zero-order chi connectivity index (χ0) is 19.5. The first-order valence-electron chi connectivity index (χ1n) is 9.40. The maximum atomic E-state index is 13.0. The molecular formula is C21H23N5O2. The fraction of sp³-hybridized carbons (Fsp3) is 0.333. The summed E-state index contributed by atoms with van der Waals surface area (Å²) in [6.45, 7) is 1.51. The van der Waals surface area contributed by atoms with Gasteiger partial charge in [0.15, 0.2) is 5.82 Å². The van der Waals surface area contributed by atoms with Gasteiger partial charge in [-0.1, -0.05) is 12.1 Å². The molecule has 1 aliphatic heterocycles. The number of aromatic nitrogens is 4. The van der Waals surface area contributed by atoms with E-state index < -0.39 is 0 Å². The Labute approximate surface area is 164 Å². The van der Waals surface area contributed by atoms with Crippen LogP contribution in [0.25, 0.3) is 11.4 Å². The molecule has 3 heterocycles. The van der Waals surface area contributed by atoms with Crippen LogP contribution in [0.15, 0.2) is 48.8 Å². The van der Waals surface area contributed by atoms with Crippen LogP contribution in [0.3, 0.4) is 0 Å². The predicted octanol–water partition coefficient (Wildman–Crippen LogP) is 2.91. The molecule has 144 valence electrons. The number of piperidine rings is 1. The summed E-state index contributed by atoms with van der Waals surface area (Å²) in [5.74, 6) is 1.09. The number of pyridine rings is 1. The molecule has 1 aliphatic rings. The number of likely N-dealkylation sites (tertiary alicyclic amines) is 1. The lowest BCUT2D eigenvalue weighted by molar-refractivity contribution is 0.0713. The minimum Gasteiger partial charge on any atom is -0.467 e. The first kappa shape index (κ1) is 18.2. The highest BCUT2D eigenvalue weighted by atomic mass is 16.5. The zero-order valence-corrected chi connectivity index (χ0v) is 16.1. The number of hydrogen-bond donors (Lipinski definition) is 0. The second-order valence-corrected chi connectivity index (χ2v) is 6.97. The van der Waals surface area contributed by atoms with E-state index in [-0.39, 0.29) is 5.91 Å². The van der Waals surface area contributed by atoms with Crippen molar-refractivity contribution in [3.8, 4) is 17.4 Å². The predicted molar refractivity (Wildman–Crippen MR) is 105 cm³/mol. The number of nitrogens with zero attached hydrogens (tertiary/aromatic N) is 5. The van der Waals surface area contributed by atoms with E-state index in [0.29, 0.717) is 23.3 Å². The Morgan fingerprint density at radius 3 is 2.57 bits per heavy atom. The minimum absolute atomic E-state index is 0.0536. The van der Waals surface area contributed by atoms with Crippen molar-refractivity contribution in [2.45, 2.75) is 18.8 Å². The van der Waals surface area contributed by atoms with Gasteiger partial charge in [-0.25, -0.2) is 4.68 Å². The van der Waals surface area contributed by atoms with E-state index in [9.17, 15) is 4.79 Å². The lowest BCUT2D eigenvalue weighted by atomic mass is 9.90. The van der Waals surface area contributed by atoms with Gasteiger partial charge in [-0.2, -0.15) is 4.98 Å². The zero-order valence-electron chi connectivity index (χ0n) is 16.1. The fourth-order valence-corrected chi connectivity index (χ4v) is 3.70. The summed E-state index contributed by atoms with van der Waals surface area (Å²) in [7, 11) is 3.33. The Morgan fingerprint density at radius 1 is 1.14 bits per heavy atom. The lowest BCUT2D eigenvalue weighted by Gasteiger charge is -2.32. The summed E-state index contributed by atoms with van der Waals surface area (Å²) in [5, 5.41) is 4.36. The van der Waals surface area contributed by atoms with Crippen molar-refractivity contribution in [1.82, 2.24) is 24.6 Å². The van der Waals surface area contributed by atoms with Gasteiger partial charge in [0, 0.05) is 43.7 Å². The number of carbonyl (C=O) groups is 1.